The maximum atomic E-state index is 11.7. The highest BCUT2D eigenvalue weighted by atomic mass is 32.1. The summed E-state index contributed by atoms with van der Waals surface area (Å²) in [4.78, 5) is 21.4. The van der Waals surface area contributed by atoms with Crippen LogP contribution in [0.3, 0.4) is 0 Å². The van der Waals surface area contributed by atoms with Crippen LogP contribution in [0.15, 0.2) is 34.0 Å². The fraction of sp³-hybridized carbons (Fsp3) is 0.400. The Labute approximate surface area is 139 Å². The van der Waals surface area contributed by atoms with Gasteiger partial charge in [0.05, 0.1) is 12.8 Å². The van der Waals surface area contributed by atoms with E-state index >= 15 is 0 Å². The van der Waals surface area contributed by atoms with E-state index in [0.29, 0.717) is 31.4 Å². The third-order valence-electron chi connectivity index (χ3n) is 3.03. The van der Waals surface area contributed by atoms with Gasteiger partial charge in [-0.25, -0.2) is 4.98 Å². The molecule has 7 nitrogen and oxygen atoms in total. The average molecular weight is 335 g/mol. The highest BCUT2D eigenvalue weighted by Gasteiger charge is 2.07. The smallest absolute Gasteiger partial charge is 0.287 e. The molecule has 0 radical (unpaired) electrons. The molecule has 1 amide bonds. The summed E-state index contributed by atoms with van der Waals surface area (Å²) in [5.74, 6) is 0.753. The molecule has 2 heterocycles. The highest BCUT2D eigenvalue weighted by Crippen LogP contribution is 2.12. The highest BCUT2D eigenvalue weighted by molar-refractivity contribution is 7.11. The van der Waals surface area contributed by atoms with Gasteiger partial charge < -0.3 is 20.4 Å². The predicted octanol–water partition coefficient (Wildman–Crippen LogP) is 1.39. The molecule has 0 spiro atoms. The SMILES string of the molecule is CCc1cnc(CNC(=NC)NCCNC(=O)c2ccco2)s1. The lowest BCUT2D eigenvalue weighted by atomic mass is 10.4. The van der Waals surface area contributed by atoms with Gasteiger partial charge in [0.2, 0.25) is 0 Å². The van der Waals surface area contributed by atoms with Gasteiger partial charge >= 0.3 is 0 Å². The van der Waals surface area contributed by atoms with Crippen LogP contribution < -0.4 is 16.0 Å². The van der Waals surface area contributed by atoms with Crippen LogP contribution in [-0.4, -0.2) is 37.0 Å². The van der Waals surface area contributed by atoms with Gasteiger partial charge in [-0.15, -0.1) is 11.3 Å². The number of furan rings is 1. The van der Waals surface area contributed by atoms with Crippen molar-refractivity contribution >= 4 is 23.2 Å². The number of nitrogens with zero attached hydrogens (tertiary/aromatic N) is 2. The lowest BCUT2D eigenvalue weighted by molar-refractivity contribution is 0.0926. The van der Waals surface area contributed by atoms with Crippen LogP contribution in [0, 0.1) is 0 Å². The number of thiazole rings is 1. The lowest BCUT2D eigenvalue weighted by Crippen LogP contribution is -2.41. The maximum Gasteiger partial charge on any atom is 0.287 e. The molecule has 0 aliphatic heterocycles. The number of aryl methyl sites for hydroxylation is 1. The van der Waals surface area contributed by atoms with Crippen molar-refractivity contribution in [3.05, 3.63) is 40.2 Å². The Hall–Kier alpha value is -2.35. The van der Waals surface area contributed by atoms with E-state index in [1.165, 1.54) is 11.1 Å². The fourth-order valence-corrected chi connectivity index (χ4v) is 2.63. The second-order valence-electron chi connectivity index (χ2n) is 4.66. The standard InChI is InChI=1S/C15H21N5O2S/c1-3-11-9-19-13(23-11)10-20-15(16-2)18-7-6-17-14(21)12-5-4-8-22-12/h4-5,8-9H,3,6-7,10H2,1-2H3,(H,17,21)(H2,16,18,20). The summed E-state index contributed by atoms with van der Waals surface area (Å²) in [7, 11) is 1.70. The zero-order chi connectivity index (χ0) is 16.5. The summed E-state index contributed by atoms with van der Waals surface area (Å²) in [6, 6.07) is 3.31. The molecule has 2 aromatic heterocycles. The van der Waals surface area contributed by atoms with E-state index in [9.17, 15) is 4.79 Å². The van der Waals surface area contributed by atoms with Gasteiger partial charge in [-0.2, -0.15) is 0 Å². The number of guanidine groups is 1. The van der Waals surface area contributed by atoms with Gasteiger partial charge in [0.25, 0.3) is 5.91 Å². The van der Waals surface area contributed by atoms with Crippen molar-refractivity contribution in [2.75, 3.05) is 20.1 Å². The van der Waals surface area contributed by atoms with Crippen molar-refractivity contribution in [3.8, 4) is 0 Å². The summed E-state index contributed by atoms with van der Waals surface area (Å²) >= 11 is 1.69. The molecule has 0 saturated heterocycles. The minimum absolute atomic E-state index is 0.227. The third-order valence-corrected chi connectivity index (χ3v) is 4.17. The zero-order valence-electron chi connectivity index (χ0n) is 13.3. The lowest BCUT2D eigenvalue weighted by Gasteiger charge is -2.11. The van der Waals surface area contributed by atoms with Gasteiger partial charge in [0, 0.05) is 31.2 Å². The maximum absolute atomic E-state index is 11.7. The number of rotatable bonds is 7. The number of amides is 1. The number of carbonyl (C=O) groups is 1. The van der Waals surface area contributed by atoms with Crippen LogP contribution in [0.1, 0.15) is 27.4 Å². The molecule has 0 aromatic carbocycles. The number of nitrogens with one attached hydrogen (secondary N) is 3. The molecule has 0 aliphatic rings. The number of aromatic nitrogens is 1. The van der Waals surface area contributed by atoms with Crippen molar-refractivity contribution in [1.29, 1.82) is 0 Å². The molecular weight excluding hydrogens is 314 g/mol. The molecule has 2 rings (SSSR count). The van der Waals surface area contributed by atoms with Gasteiger partial charge in [-0.05, 0) is 18.6 Å². The van der Waals surface area contributed by atoms with Crippen LogP contribution in [0.5, 0.6) is 0 Å². The molecule has 0 bridgehead atoms. The largest absolute Gasteiger partial charge is 0.459 e. The third kappa shape index (κ3) is 5.41. The molecule has 0 atom stereocenters. The monoisotopic (exact) mass is 335 g/mol. The molecule has 0 fully saturated rings. The molecule has 0 saturated carbocycles. The van der Waals surface area contributed by atoms with Gasteiger partial charge in [-0.3, -0.25) is 9.79 Å². The van der Waals surface area contributed by atoms with Gasteiger partial charge in [-0.1, -0.05) is 6.92 Å². The zero-order valence-corrected chi connectivity index (χ0v) is 14.1. The Morgan fingerprint density at radius 3 is 2.83 bits per heavy atom. The molecule has 8 heteroatoms. The first-order valence-corrected chi connectivity index (χ1v) is 8.24. The summed E-state index contributed by atoms with van der Waals surface area (Å²) in [6.07, 6.45) is 4.38. The topological polar surface area (TPSA) is 91.5 Å². The summed E-state index contributed by atoms with van der Waals surface area (Å²) in [5.41, 5.74) is 0. The second-order valence-corrected chi connectivity index (χ2v) is 5.86. The van der Waals surface area contributed by atoms with E-state index in [2.05, 4.69) is 32.9 Å². The van der Waals surface area contributed by atoms with Crippen LogP contribution in [0.2, 0.25) is 0 Å². The summed E-state index contributed by atoms with van der Waals surface area (Å²) < 4.78 is 5.02. The van der Waals surface area contributed by atoms with E-state index in [1.807, 2.05) is 6.20 Å². The minimum atomic E-state index is -0.227. The summed E-state index contributed by atoms with van der Waals surface area (Å²) in [6.45, 7) is 3.77. The molecule has 0 aliphatic carbocycles. The average Bonchev–Trinajstić information content (AvgIpc) is 3.25. The van der Waals surface area contributed by atoms with E-state index in [-0.39, 0.29) is 5.91 Å². The fourth-order valence-electron chi connectivity index (χ4n) is 1.82. The van der Waals surface area contributed by atoms with Gasteiger partial charge in [0.1, 0.15) is 5.01 Å². The Bertz CT molecular complexity index is 636. The van der Waals surface area contributed by atoms with E-state index in [1.54, 1.807) is 30.5 Å². The first kappa shape index (κ1) is 17.0. The van der Waals surface area contributed by atoms with Crippen molar-refractivity contribution < 1.29 is 9.21 Å². The molecule has 124 valence electrons. The van der Waals surface area contributed by atoms with Crippen molar-refractivity contribution in [3.63, 3.8) is 0 Å². The quantitative estimate of drug-likeness (QED) is 0.404. The number of carbonyl (C=O) groups excluding carboxylic acids is 1. The van der Waals surface area contributed by atoms with E-state index in [4.69, 9.17) is 4.42 Å². The van der Waals surface area contributed by atoms with Crippen LogP contribution >= 0.6 is 11.3 Å². The number of hydrogen-bond donors (Lipinski definition) is 3. The molecule has 3 N–H and O–H groups in total. The van der Waals surface area contributed by atoms with Crippen molar-refractivity contribution in [2.45, 2.75) is 19.9 Å². The van der Waals surface area contributed by atoms with Crippen molar-refractivity contribution in [1.82, 2.24) is 20.9 Å². The molecule has 23 heavy (non-hydrogen) atoms. The number of aliphatic imine (C=N–C) groups is 1. The van der Waals surface area contributed by atoms with Crippen LogP contribution in [0.25, 0.3) is 0 Å². The summed E-state index contributed by atoms with van der Waals surface area (Å²) in [5, 5.41) is 10.1. The Kier molecular flexibility index (Phi) is 6.61. The minimum Gasteiger partial charge on any atom is -0.459 e. The van der Waals surface area contributed by atoms with E-state index < -0.39 is 0 Å². The molecule has 2 aromatic rings. The first-order valence-electron chi connectivity index (χ1n) is 7.42. The Morgan fingerprint density at radius 1 is 1.35 bits per heavy atom. The van der Waals surface area contributed by atoms with Crippen molar-refractivity contribution in [2.24, 2.45) is 4.99 Å². The van der Waals surface area contributed by atoms with E-state index in [0.717, 1.165) is 11.4 Å². The molecule has 0 unspecified atom stereocenters. The van der Waals surface area contributed by atoms with Crippen LogP contribution in [0.4, 0.5) is 0 Å². The Balaban J connectivity index is 1.66. The predicted molar refractivity (Wildman–Crippen MR) is 90.7 cm³/mol. The molecular formula is C15H21N5O2S. The van der Waals surface area contributed by atoms with Gasteiger partial charge in [0.15, 0.2) is 11.7 Å². The second kappa shape index (κ2) is 8.94. The normalized spacial score (nSPS) is 11.3. The van der Waals surface area contributed by atoms with Crippen LogP contribution in [-0.2, 0) is 13.0 Å². The first-order chi connectivity index (χ1) is 11.2. The Morgan fingerprint density at radius 2 is 2.17 bits per heavy atom. The number of hydrogen-bond acceptors (Lipinski definition) is 5.